The van der Waals surface area contributed by atoms with Crippen molar-refractivity contribution in [2.45, 2.75) is 12.7 Å². The Labute approximate surface area is 83.1 Å². The number of aryl methyl sites for hydroxylation is 1. The number of ether oxygens (including phenoxy) is 1. The fraction of sp³-hybridized carbons (Fsp3) is 0.333. The third kappa shape index (κ3) is 1.87. The fourth-order valence-electron chi connectivity index (χ4n) is 1.21. The molecule has 1 aromatic carbocycles. The Morgan fingerprint density at radius 1 is 1.50 bits per heavy atom. The zero-order valence-corrected chi connectivity index (χ0v) is 8.75. The van der Waals surface area contributed by atoms with Gasteiger partial charge in [0.15, 0.2) is 0 Å². The molecule has 0 aliphatic carbocycles. The maximum atomic E-state index is 5.87. The maximum Gasteiger partial charge on any atom is 0.125 e. The topological polar surface area (TPSA) is 9.23 Å². The standard InChI is InChI=1S/C9H11ClOS/c1-6-3-8(10)4-7(5-12)9(6)11-2/h3-4,12H,5H2,1-2H3. The molecule has 0 radical (unpaired) electrons. The Bertz CT molecular complexity index is 286. The zero-order valence-electron chi connectivity index (χ0n) is 7.10. The van der Waals surface area contributed by atoms with Gasteiger partial charge in [-0.3, -0.25) is 0 Å². The first kappa shape index (κ1) is 9.75. The van der Waals surface area contributed by atoms with Gasteiger partial charge >= 0.3 is 0 Å². The molecule has 0 saturated heterocycles. The molecule has 0 aromatic heterocycles. The van der Waals surface area contributed by atoms with Crippen molar-refractivity contribution in [3.8, 4) is 5.75 Å². The molecule has 0 unspecified atom stereocenters. The number of halogens is 1. The van der Waals surface area contributed by atoms with E-state index >= 15 is 0 Å². The van der Waals surface area contributed by atoms with E-state index in [0.29, 0.717) is 5.75 Å². The summed E-state index contributed by atoms with van der Waals surface area (Å²) >= 11 is 10.1. The van der Waals surface area contributed by atoms with Gasteiger partial charge in [0.25, 0.3) is 0 Å². The van der Waals surface area contributed by atoms with Gasteiger partial charge in [-0.25, -0.2) is 0 Å². The molecular formula is C9H11ClOS. The van der Waals surface area contributed by atoms with E-state index in [1.54, 1.807) is 7.11 Å². The third-order valence-corrected chi connectivity index (χ3v) is 2.25. The van der Waals surface area contributed by atoms with E-state index in [1.165, 1.54) is 0 Å². The van der Waals surface area contributed by atoms with Gasteiger partial charge in [-0.2, -0.15) is 12.6 Å². The second kappa shape index (κ2) is 4.06. The molecule has 1 aromatic rings. The number of benzene rings is 1. The molecule has 66 valence electrons. The van der Waals surface area contributed by atoms with Crippen molar-refractivity contribution in [3.63, 3.8) is 0 Å². The Hall–Kier alpha value is -0.340. The molecule has 0 spiro atoms. The molecule has 1 nitrogen and oxygen atoms in total. The minimum atomic E-state index is 0.643. The van der Waals surface area contributed by atoms with Gasteiger partial charge in [0, 0.05) is 16.3 Å². The largest absolute Gasteiger partial charge is 0.496 e. The molecule has 1 rings (SSSR count). The number of methoxy groups -OCH3 is 1. The lowest BCUT2D eigenvalue weighted by Crippen LogP contribution is -1.92. The zero-order chi connectivity index (χ0) is 9.14. The van der Waals surface area contributed by atoms with Crippen LogP contribution in [-0.2, 0) is 5.75 Å². The number of thiol groups is 1. The molecule has 0 saturated carbocycles. The summed E-state index contributed by atoms with van der Waals surface area (Å²) in [6, 6.07) is 3.76. The molecule has 12 heavy (non-hydrogen) atoms. The molecule has 0 bridgehead atoms. The van der Waals surface area contributed by atoms with Gasteiger partial charge in [-0.15, -0.1) is 0 Å². The summed E-state index contributed by atoms with van der Waals surface area (Å²) in [6.07, 6.45) is 0. The van der Waals surface area contributed by atoms with Gasteiger partial charge in [0.1, 0.15) is 5.75 Å². The highest BCUT2D eigenvalue weighted by atomic mass is 35.5. The molecule has 3 heteroatoms. The fourth-order valence-corrected chi connectivity index (χ4v) is 1.74. The summed E-state index contributed by atoms with van der Waals surface area (Å²) in [5.41, 5.74) is 2.08. The van der Waals surface area contributed by atoms with Gasteiger partial charge in [-0.05, 0) is 24.6 Å². The summed E-state index contributed by atoms with van der Waals surface area (Å²) in [7, 11) is 1.66. The number of hydrogen-bond acceptors (Lipinski definition) is 2. The molecule has 0 atom stereocenters. The van der Waals surface area contributed by atoms with Crippen LogP contribution < -0.4 is 4.74 Å². The summed E-state index contributed by atoms with van der Waals surface area (Å²) in [4.78, 5) is 0. The molecule has 0 fully saturated rings. The van der Waals surface area contributed by atoms with Crippen molar-refractivity contribution in [2.75, 3.05) is 7.11 Å². The predicted molar refractivity (Wildman–Crippen MR) is 55.4 cm³/mol. The van der Waals surface area contributed by atoms with Crippen LogP contribution in [0.25, 0.3) is 0 Å². The van der Waals surface area contributed by atoms with Crippen LogP contribution in [0.15, 0.2) is 12.1 Å². The highest BCUT2D eigenvalue weighted by Crippen LogP contribution is 2.28. The Morgan fingerprint density at radius 2 is 2.17 bits per heavy atom. The van der Waals surface area contributed by atoms with Crippen LogP contribution in [0.3, 0.4) is 0 Å². The lowest BCUT2D eigenvalue weighted by Gasteiger charge is -2.09. The van der Waals surface area contributed by atoms with Crippen molar-refractivity contribution >= 4 is 24.2 Å². The van der Waals surface area contributed by atoms with E-state index in [9.17, 15) is 0 Å². The van der Waals surface area contributed by atoms with Gasteiger partial charge < -0.3 is 4.74 Å². The SMILES string of the molecule is COc1c(C)cc(Cl)cc1CS. The normalized spacial score (nSPS) is 10.0. The quantitative estimate of drug-likeness (QED) is 0.726. The van der Waals surface area contributed by atoms with Gasteiger partial charge in [0.05, 0.1) is 7.11 Å². The minimum absolute atomic E-state index is 0.643. The van der Waals surface area contributed by atoms with Crippen molar-refractivity contribution in [1.29, 1.82) is 0 Å². The summed E-state index contributed by atoms with van der Waals surface area (Å²) in [5.74, 6) is 1.53. The van der Waals surface area contributed by atoms with Crippen LogP contribution in [0.4, 0.5) is 0 Å². The highest BCUT2D eigenvalue weighted by molar-refractivity contribution is 7.79. The molecule has 0 aliphatic heterocycles. The number of hydrogen-bond donors (Lipinski definition) is 1. The lowest BCUT2D eigenvalue weighted by atomic mass is 10.1. The average Bonchev–Trinajstić information content (AvgIpc) is 2.03. The summed E-state index contributed by atoms with van der Waals surface area (Å²) < 4.78 is 5.21. The smallest absolute Gasteiger partial charge is 0.125 e. The van der Waals surface area contributed by atoms with E-state index in [0.717, 1.165) is 21.9 Å². The van der Waals surface area contributed by atoms with E-state index in [-0.39, 0.29) is 0 Å². The highest BCUT2D eigenvalue weighted by Gasteiger charge is 2.05. The summed E-state index contributed by atoms with van der Waals surface area (Å²) in [6.45, 7) is 1.97. The average molecular weight is 203 g/mol. The second-order valence-corrected chi connectivity index (χ2v) is 3.33. The Morgan fingerprint density at radius 3 is 2.67 bits per heavy atom. The maximum absolute atomic E-state index is 5.87. The van der Waals surface area contributed by atoms with Gasteiger partial charge in [-0.1, -0.05) is 11.6 Å². The van der Waals surface area contributed by atoms with E-state index in [1.807, 2.05) is 19.1 Å². The van der Waals surface area contributed by atoms with Crippen molar-refractivity contribution in [1.82, 2.24) is 0 Å². The van der Waals surface area contributed by atoms with Crippen LogP contribution >= 0.6 is 24.2 Å². The first-order chi connectivity index (χ1) is 5.69. The lowest BCUT2D eigenvalue weighted by molar-refractivity contribution is 0.408. The van der Waals surface area contributed by atoms with Crippen molar-refractivity contribution in [2.24, 2.45) is 0 Å². The molecule has 0 heterocycles. The molecule has 0 N–H and O–H groups in total. The minimum Gasteiger partial charge on any atom is -0.496 e. The van der Waals surface area contributed by atoms with Crippen LogP contribution in [0.1, 0.15) is 11.1 Å². The van der Waals surface area contributed by atoms with E-state index < -0.39 is 0 Å². The van der Waals surface area contributed by atoms with E-state index in [4.69, 9.17) is 16.3 Å². The Kier molecular flexibility index (Phi) is 3.29. The van der Waals surface area contributed by atoms with Crippen LogP contribution in [0, 0.1) is 6.92 Å². The van der Waals surface area contributed by atoms with Crippen molar-refractivity contribution in [3.05, 3.63) is 28.3 Å². The number of rotatable bonds is 2. The van der Waals surface area contributed by atoms with Crippen molar-refractivity contribution < 1.29 is 4.74 Å². The predicted octanol–water partition coefficient (Wildman–Crippen LogP) is 3.09. The van der Waals surface area contributed by atoms with E-state index in [2.05, 4.69) is 12.6 Å². The van der Waals surface area contributed by atoms with Gasteiger partial charge in [0.2, 0.25) is 0 Å². The first-order valence-electron chi connectivity index (χ1n) is 3.63. The third-order valence-electron chi connectivity index (χ3n) is 1.69. The molecular weight excluding hydrogens is 192 g/mol. The summed E-state index contributed by atoms with van der Waals surface area (Å²) in [5, 5.41) is 0.734. The molecule has 0 amide bonds. The monoisotopic (exact) mass is 202 g/mol. The van der Waals surface area contributed by atoms with Crippen LogP contribution in [0.5, 0.6) is 5.75 Å². The second-order valence-electron chi connectivity index (χ2n) is 2.57. The first-order valence-corrected chi connectivity index (χ1v) is 4.64. The Balaban J connectivity index is 3.24. The van der Waals surface area contributed by atoms with Crippen LogP contribution in [0.2, 0.25) is 5.02 Å². The molecule has 0 aliphatic rings. The van der Waals surface area contributed by atoms with Crippen LogP contribution in [-0.4, -0.2) is 7.11 Å².